The van der Waals surface area contributed by atoms with E-state index in [0.29, 0.717) is 30.1 Å². The Morgan fingerprint density at radius 3 is 2.21 bits per heavy atom. The van der Waals surface area contributed by atoms with Crippen LogP contribution in [0.2, 0.25) is 0 Å². The number of hydrogen-bond donors (Lipinski definition) is 0. The van der Waals surface area contributed by atoms with Gasteiger partial charge in [-0.15, -0.1) is 0 Å². The zero-order valence-corrected chi connectivity index (χ0v) is 21.7. The van der Waals surface area contributed by atoms with Gasteiger partial charge in [-0.1, -0.05) is 46.8 Å². The average Bonchev–Trinajstić information content (AvgIpc) is 3.13. The van der Waals surface area contributed by atoms with Crippen molar-refractivity contribution in [2.24, 2.45) is 56.7 Å². The van der Waals surface area contributed by atoms with Gasteiger partial charge >= 0.3 is 0 Å². The van der Waals surface area contributed by atoms with E-state index >= 15 is 0 Å². The fourth-order valence-electron chi connectivity index (χ4n) is 11.1. The third-order valence-corrected chi connectivity index (χ3v) is 12.8. The molecule has 181 valence electrons. The molecule has 1 radical (unpaired) electrons. The van der Waals surface area contributed by atoms with Crippen molar-refractivity contribution in [2.75, 3.05) is 0 Å². The smallest absolute Gasteiger partial charge is 0.205 e. The fraction of sp³-hybridized carbons (Fsp3) is 0.833. The summed E-state index contributed by atoms with van der Waals surface area (Å²) in [7, 11) is 0. The van der Waals surface area contributed by atoms with E-state index in [4.69, 9.17) is 0 Å². The summed E-state index contributed by atoms with van der Waals surface area (Å²) in [4.78, 5) is 38.3. The highest BCUT2D eigenvalue weighted by molar-refractivity contribution is 6.39. The van der Waals surface area contributed by atoms with Gasteiger partial charge in [-0.05, 0) is 104 Å². The molecule has 5 aliphatic rings. The van der Waals surface area contributed by atoms with Crippen LogP contribution in [0.1, 0.15) is 99.3 Å². The summed E-state index contributed by atoms with van der Waals surface area (Å²) in [5, 5.41) is 0. The first-order valence-electron chi connectivity index (χ1n) is 13.4. The first-order chi connectivity index (χ1) is 15.3. The zero-order valence-electron chi connectivity index (χ0n) is 21.7. The van der Waals surface area contributed by atoms with Crippen LogP contribution >= 0.6 is 0 Å². The number of fused-ring (bicyclic) bond motifs is 7. The third kappa shape index (κ3) is 2.66. The molecule has 5 rings (SSSR count). The number of Topliss-reactive ketones (excluding diaryl/α,β-unsaturated/α-hetero) is 2. The lowest BCUT2D eigenvalue weighted by Gasteiger charge is -2.71. The highest BCUT2D eigenvalue weighted by Crippen LogP contribution is 2.76. The predicted octanol–water partition coefficient (Wildman–Crippen LogP) is 6.50. The van der Waals surface area contributed by atoms with Gasteiger partial charge in [0.15, 0.2) is 5.78 Å². The Labute approximate surface area is 200 Å². The Balaban J connectivity index is 1.58. The highest BCUT2D eigenvalue weighted by atomic mass is 16.2. The first-order valence-corrected chi connectivity index (χ1v) is 13.4. The third-order valence-electron chi connectivity index (χ3n) is 12.8. The van der Waals surface area contributed by atoms with Gasteiger partial charge in [-0.3, -0.25) is 14.4 Å². The molecular weight excluding hydrogens is 408 g/mol. The van der Waals surface area contributed by atoms with E-state index in [0.717, 1.165) is 51.4 Å². The normalized spacial score (nSPS) is 52.8. The standard InChI is InChI=1S/C30H43O3/c1-18(2)19-10-13-30(17-31)15-14-28(6)20(24(19)30)8-9-23-27(5)16-21(32)25(33)26(3,4)22(27)11-12-29(23,28)7/h19-20,22-24H,1,8-16H2,2-7H3/t19-,20+,22-,23+,24+,27-,28+,29+,30+/m0/s1. The van der Waals surface area contributed by atoms with Gasteiger partial charge in [0.2, 0.25) is 12.1 Å². The molecule has 0 aromatic rings. The van der Waals surface area contributed by atoms with E-state index in [9.17, 15) is 14.4 Å². The van der Waals surface area contributed by atoms with Crippen LogP contribution < -0.4 is 0 Å². The van der Waals surface area contributed by atoms with Gasteiger partial charge in [0.1, 0.15) is 0 Å². The topological polar surface area (TPSA) is 51.2 Å². The van der Waals surface area contributed by atoms with Crippen molar-refractivity contribution < 1.29 is 14.4 Å². The molecule has 0 aliphatic heterocycles. The number of rotatable bonds is 2. The second kappa shape index (κ2) is 6.91. The second-order valence-corrected chi connectivity index (χ2v) is 14.1. The van der Waals surface area contributed by atoms with Crippen LogP contribution in [0.4, 0.5) is 0 Å². The fourth-order valence-corrected chi connectivity index (χ4v) is 11.1. The van der Waals surface area contributed by atoms with Crippen molar-refractivity contribution >= 4 is 17.9 Å². The lowest BCUT2D eigenvalue weighted by Crippen LogP contribution is -2.67. The molecule has 9 atom stereocenters. The maximum absolute atomic E-state index is 13.0. The summed E-state index contributed by atoms with van der Waals surface area (Å²) in [6.45, 7) is 17.9. The van der Waals surface area contributed by atoms with Crippen molar-refractivity contribution in [1.82, 2.24) is 0 Å². The first kappa shape index (κ1) is 23.5. The van der Waals surface area contributed by atoms with Gasteiger partial charge in [0.05, 0.1) is 0 Å². The molecule has 3 heteroatoms. The molecular formula is C30H43O3. The van der Waals surface area contributed by atoms with Gasteiger partial charge in [0, 0.05) is 17.3 Å². The molecule has 0 bridgehead atoms. The van der Waals surface area contributed by atoms with E-state index in [1.165, 1.54) is 5.57 Å². The van der Waals surface area contributed by atoms with Gasteiger partial charge < -0.3 is 0 Å². The van der Waals surface area contributed by atoms with Crippen molar-refractivity contribution in [3.8, 4) is 0 Å². The lowest BCUT2D eigenvalue weighted by atomic mass is 9.32. The molecule has 33 heavy (non-hydrogen) atoms. The molecule has 0 saturated heterocycles. The minimum atomic E-state index is -0.562. The molecule has 0 aromatic heterocycles. The summed E-state index contributed by atoms with van der Waals surface area (Å²) in [6, 6.07) is 0. The molecule has 5 saturated carbocycles. The maximum atomic E-state index is 13.0. The SMILES string of the molecule is C=C(C)[C@@H]1CC[C@]2([C]=O)CC[C@]3(C)[C@H](CC[C@@H]4[C@@]5(C)CC(=O)C(=O)C(C)(C)[C@@H]5CC[C@]43C)[C@@H]12. The molecule has 0 spiro atoms. The molecule has 5 fully saturated rings. The largest absolute Gasteiger partial charge is 0.291 e. The number of hydrogen-bond acceptors (Lipinski definition) is 3. The minimum Gasteiger partial charge on any atom is -0.291 e. The zero-order chi connectivity index (χ0) is 24.2. The summed E-state index contributed by atoms with van der Waals surface area (Å²) in [6.07, 6.45) is 11.5. The van der Waals surface area contributed by atoms with Gasteiger partial charge in [-0.25, -0.2) is 0 Å². The minimum absolute atomic E-state index is 0.120. The molecule has 0 amide bonds. The summed E-state index contributed by atoms with van der Waals surface area (Å²) in [5.74, 6) is 1.72. The Kier molecular flexibility index (Phi) is 4.92. The van der Waals surface area contributed by atoms with Crippen molar-refractivity contribution in [3.05, 3.63) is 12.2 Å². The Morgan fingerprint density at radius 2 is 1.58 bits per heavy atom. The average molecular weight is 452 g/mol. The number of ketones is 2. The van der Waals surface area contributed by atoms with Crippen LogP contribution in [0.3, 0.4) is 0 Å². The van der Waals surface area contributed by atoms with Gasteiger partial charge in [-0.2, -0.15) is 0 Å². The highest BCUT2D eigenvalue weighted by Gasteiger charge is 2.71. The second-order valence-electron chi connectivity index (χ2n) is 14.1. The van der Waals surface area contributed by atoms with Crippen LogP contribution in [-0.2, 0) is 14.4 Å². The molecule has 0 aromatic carbocycles. The van der Waals surface area contributed by atoms with E-state index in [1.807, 2.05) is 13.8 Å². The Morgan fingerprint density at radius 1 is 0.879 bits per heavy atom. The van der Waals surface area contributed by atoms with E-state index in [1.54, 1.807) is 0 Å². The molecule has 0 heterocycles. The van der Waals surface area contributed by atoms with Crippen molar-refractivity contribution in [2.45, 2.75) is 99.3 Å². The van der Waals surface area contributed by atoms with Crippen molar-refractivity contribution in [1.29, 1.82) is 0 Å². The van der Waals surface area contributed by atoms with Crippen LogP contribution in [0.5, 0.6) is 0 Å². The van der Waals surface area contributed by atoms with E-state index in [-0.39, 0.29) is 39.1 Å². The number of carbonyl (C=O) groups excluding carboxylic acids is 3. The van der Waals surface area contributed by atoms with E-state index < -0.39 is 5.41 Å². The summed E-state index contributed by atoms with van der Waals surface area (Å²) in [5.41, 5.74) is 0.532. The van der Waals surface area contributed by atoms with E-state index in [2.05, 4.69) is 40.6 Å². The quantitative estimate of drug-likeness (QED) is 0.355. The van der Waals surface area contributed by atoms with Crippen LogP contribution in [0.15, 0.2) is 12.2 Å². The van der Waals surface area contributed by atoms with Crippen molar-refractivity contribution in [3.63, 3.8) is 0 Å². The summed E-state index contributed by atoms with van der Waals surface area (Å²) >= 11 is 0. The number of allylic oxidation sites excluding steroid dienone is 1. The molecule has 0 unspecified atom stereocenters. The summed E-state index contributed by atoms with van der Waals surface area (Å²) < 4.78 is 0. The monoisotopic (exact) mass is 451 g/mol. The Bertz CT molecular complexity index is 931. The Hall–Kier alpha value is -1.25. The molecule has 0 N–H and O–H groups in total. The van der Waals surface area contributed by atoms with Crippen LogP contribution in [-0.4, -0.2) is 17.9 Å². The number of carbonyl (C=O) groups is 2. The predicted molar refractivity (Wildman–Crippen MR) is 130 cm³/mol. The van der Waals surface area contributed by atoms with Crippen LogP contribution in [0, 0.1) is 56.7 Å². The molecule has 3 nitrogen and oxygen atoms in total. The van der Waals surface area contributed by atoms with Crippen LogP contribution in [0.25, 0.3) is 0 Å². The molecule has 5 aliphatic carbocycles. The van der Waals surface area contributed by atoms with Gasteiger partial charge in [0.25, 0.3) is 0 Å². The maximum Gasteiger partial charge on any atom is 0.205 e. The lowest BCUT2D eigenvalue weighted by molar-refractivity contribution is -0.227.